The van der Waals surface area contributed by atoms with Gasteiger partial charge in [0.15, 0.2) is 0 Å². The number of amides is 1. The zero-order valence-electron chi connectivity index (χ0n) is 14.4. The van der Waals surface area contributed by atoms with Gasteiger partial charge in [0.1, 0.15) is 15.8 Å². The van der Waals surface area contributed by atoms with Gasteiger partial charge in [0, 0.05) is 5.69 Å². The summed E-state index contributed by atoms with van der Waals surface area (Å²) in [5, 5.41) is 2.81. The molecule has 1 atom stereocenters. The van der Waals surface area contributed by atoms with Crippen molar-refractivity contribution >= 4 is 21.3 Å². The van der Waals surface area contributed by atoms with Gasteiger partial charge < -0.3 is 5.32 Å². The van der Waals surface area contributed by atoms with Crippen LogP contribution in [-0.2, 0) is 14.5 Å². The summed E-state index contributed by atoms with van der Waals surface area (Å²) in [4.78, 5) is 13.7. The molecule has 0 saturated carbocycles. The fraction of sp³-hybridized carbons (Fsp3) is 0.0952. The number of benzene rings is 3. The number of carbonyl (C=O) groups excluding carboxylic acids is 1. The third-order valence-electron chi connectivity index (χ3n) is 3.85. The fourth-order valence-electron chi connectivity index (χ4n) is 2.51. The second-order valence-electron chi connectivity index (χ2n) is 5.79. The van der Waals surface area contributed by atoms with Crippen LogP contribution in [0, 0.1) is 0 Å². The van der Waals surface area contributed by atoms with E-state index in [2.05, 4.69) is 9.68 Å². The predicted molar refractivity (Wildman–Crippen MR) is 105 cm³/mol. The van der Waals surface area contributed by atoms with Crippen LogP contribution in [0.4, 0.5) is 5.69 Å². The normalized spacial score (nSPS) is 12.2. The van der Waals surface area contributed by atoms with Crippen LogP contribution in [0.15, 0.2) is 105 Å². The lowest BCUT2D eigenvalue weighted by molar-refractivity contribution is -0.116. The van der Waals surface area contributed by atoms with Crippen molar-refractivity contribution in [3.05, 3.63) is 91.0 Å². The minimum absolute atomic E-state index is 0.296. The molecule has 0 aliphatic carbocycles. The first-order valence-corrected chi connectivity index (χ1v) is 9.83. The number of para-hydroxylation sites is 1. The summed E-state index contributed by atoms with van der Waals surface area (Å²) in [6.07, 6.45) is 0. The standard InChI is InChI=1S/C21H20N2O2S/c1-17(21(24)22-18-11-5-2-6-12-18)23-26(25,19-13-7-3-8-14-19)20-15-9-4-10-16-20/h2-17H,1H3,(H,22,24)/t17-/m0/s1. The maximum absolute atomic E-state index is 13.8. The Morgan fingerprint density at radius 3 is 1.69 bits per heavy atom. The SMILES string of the molecule is C[C@H](N=S(=O)(c1ccccc1)c1ccccc1)C(=O)Nc1ccccc1. The van der Waals surface area contributed by atoms with Crippen LogP contribution in [0.5, 0.6) is 0 Å². The monoisotopic (exact) mass is 364 g/mol. The van der Waals surface area contributed by atoms with E-state index in [1.807, 2.05) is 54.6 Å². The molecule has 0 bridgehead atoms. The van der Waals surface area contributed by atoms with Gasteiger partial charge in [0.05, 0.1) is 9.79 Å². The van der Waals surface area contributed by atoms with Crippen molar-refractivity contribution in [2.75, 3.05) is 5.32 Å². The largest absolute Gasteiger partial charge is 0.324 e. The molecule has 0 unspecified atom stereocenters. The number of hydrogen-bond acceptors (Lipinski definition) is 3. The highest BCUT2D eigenvalue weighted by Gasteiger charge is 2.20. The van der Waals surface area contributed by atoms with Gasteiger partial charge in [-0.2, -0.15) is 0 Å². The third kappa shape index (κ3) is 4.00. The van der Waals surface area contributed by atoms with Gasteiger partial charge in [-0.05, 0) is 43.3 Å². The molecule has 3 aromatic rings. The molecule has 3 aromatic carbocycles. The van der Waals surface area contributed by atoms with Crippen molar-refractivity contribution < 1.29 is 9.00 Å². The van der Waals surface area contributed by atoms with Gasteiger partial charge in [-0.1, -0.05) is 54.6 Å². The maximum atomic E-state index is 13.8. The molecule has 26 heavy (non-hydrogen) atoms. The lowest BCUT2D eigenvalue weighted by Gasteiger charge is -2.14. The lowest BCUT2D eigenvalue weighted by Crippen LogP contribution is -2.25. The summed E-state index contributed by atoms with van der Waals surface area (Å²) >= 11 is 0. The molecule has 0 fully saturated rings. The Labute approximate surface area is 154 Å². The Balaban J connectivity index is 1.99. The van der Waals surface area contributed by atoms with Crippen LogP contribution in [-0.4, -0.2) is 16.2 Å². The number of anilines is 1. The first kappa shape index (κ1) is 17.9. The van der Waals surface area contributed by atoms with E-state index in [4.69, 9.17) is 0 Å². The van der Waals surface area contributed by atoms with E-state index in [1.165, 1.54) is 0 Å². The van der Waals surface area contributed by atoms with E-state index < -0.39 is 15.8 Å². The van der Waals surface area contributed by atoms with Gasteiger partial charge in [-0.25, -0.2) is 8.57 Å². The Morgan fingerprint density at radius 1 is 0.808 bits per heavy atom. The second kappa shape index (κ2) is 7.97. The van der Waals surface area contributed by atoms with E-state index in [0.717, 1.165) is 0 Å². The number of hydrogen-bond donors (Lipinski definition) is 1. The molecular formula is C21H20N2O2S. The van der Waals surface area contributed by atoms with Crippen LogP contribution < -0.4 is 5.32 Å². The van der Waals surface area contributed by atoms with E-state index in [1.54, 1.807) is 43.3 Å². The summed E-state index contributed by atoms with van der Waals surface area (Å²) < 4.78 is 18.3. The highest BCUT2D eigenvalue weighted by molar-refractivity contribution is 7.93. The van der Waals surface area contributed by atoms with Crippen molar-refractivity contribution in [2.45, 2.75) is 22.8 Å². The van der Waals surface area contributed by atoms with Gasteiger partial charge in [-0.15, -0.1) is 0 Å². The molecular weight excluding hydrogens is 344 g/mol. The van der Waals surface area contributed by atoms with Crippen molar-refractivity contribution in [2.24, 2.45) is 4.36 Å². The summed E-state index contributed by atoms with van der Waals surface area (Å²) in [5.41, 5.74) is 0.686. The van der Waals surface area contributed by atoms with Crippen molar-refractivity contribution in [3.8, 4) is 0 Å². The Hall–Kier alpha value is -2.92. The molecule has 0 spiro atoms. The molecule has 0 aliphatic heterocycles. The number of rotatable bonds is 5. The Bertz CT molecular complexity index is 935. The van der Waals surface area contributed by atoms with Crippen molar-refractivity contribution in [1.82, 2.24) is 0 Å². The average Bonchev–Trinajstić information content (AvgIpc) is 2.70. The zero-order chi connectivity index (χ0) is 18.4. The van der Waals surface area contributed by atoms with Gasteiger partial charge >= 0.3 is 0 Å². The first-order valence-electron chi connectivity index (χ1n) is 8.32. The smallest absolute Gasteiger partial charge is 0.249 e. The molecule has 132 valence electrons. The average molecular weight is 364 g/mol. The van der Waals surface area contributed by atoms with Crippen molar-refractivity contribution in [3.63, 3.8) is 0 Å². The minimum atomic E-state index is -2.92. The molecule has 1 amide bonds. The summed E-state index contributed by atoms with van der Waals surface area (Å²) in [5.74, 6) is -0.296. The topological polar surface area (TPSA) is 58.5 Å². The first-order chi connectivity index (χ1) is 12.6. The quantitative estimate of drug-likeness (QED) is 0.719. The summed E-state index contributed by atoms with van der Waals surface area (Å²) in [6.45, 7) is 1.66. The fourth-order valence-corrected chi connectivity index (χ4v) is 4.62. The molecule has 4 nitrogen and oxygen atoms in total. The molecule has 0 aromatic heterocycles. The van der Waals surface area contributed by atoms with Crippen LogP contribution in [0.3, 0.4) is 0 Å². The molecule has 0 aliphatic rings. The van der Waals surface area contributed by atoms with E-state index in [0.29, 0.717) is 15.5 Å². The minimum Gasteiger partial charge on any atom is -0.324 e. The van der Waals surface area contributed by atoms with Gasteiger partial charge in [0.2, 0.25) is 5.91 Å². The number of nitrogens with zero attached hydrogens (tertiary/aromatic N) is 1. The Morgan fingerprint density at radius 2 is 1.23 bits per heavy atom. The highest BCUT2D eigenvalue weighted by Crippen LogP contribution is 2.24. The molecule has 0 radical (unpaired) electrons. The van der Waals surface area contributed by atoms with Crippen LogP contribution in [0.25, 0.3) is 0 Å². The van der Waals surface area contributed by atoms with Crippen molar-refractivity contribution in [1.29, 1.82) is 0 Å². The van der Waals surface area contributed by atoms with Crippen LogP contribution in [0.2, 0.25) is 0 Å². The molecule has 0 heterocycles. The lowest BCUT2D eigenvalue weighted by atomic mass is 10.3. The summed E-state index contributed by atoms with van der Waals surface area (Å²) in [7, 11) is -2.92. The van der Waals surface area contributed by atoms with Gasteiger partial charge in [0.25, 0.3) is 0 Å². The molecule has 3 rings (SSSR count). The zero-order valence-corrected chi connectivity index (χ0v) is 15.2. The Kier molecular flexibility index (Phi) is 5.49. The van der Waals surface area contributed by atoms with E-state index in [9.17, 15) is 9.00 Å². The van der Waals surface area contributed by atoms with E-state index >= 15 is 0 Å². The highest BCUT2D eigenvalue weighted by atomic mass is 32.2. The maximum Gasteiger partial charge on any atom is 0.249 e. The number of carbonyl (C=O) groups is 1. The van der Waals surface area contributed by atoms with Crippen LogP contribution in [0.1, 0.15) is 6.92 Å². The molecule has 1 N–H and O–H groups in total. The predicted octanol–water partition coefficient (Wildman–Crippen LogP) is 4.60. The van der Waals surface area contributed by atoms with Crippen LogP contribution >= 0.6 is 0 Å². The molecule has 0 saturated heterocycles. The third-order valence-corrected chi connectivity index (χ3v) is 6.29. The number of nitrogens with one attached hydrogen (secondary N) is 1. The summed E-state index contributed by atoms with van der Waals surface area (Å²) in [6, 6.07) is 26.5. The molecule has 5 heteroatoms. The second-order valence-corrected chi connectivity index (χ2v) is 7.99. The van der Waals surface area contributed by atoms with E-state index in [-0.39, 0.29) is 5.91 Å². The van der Waals surface area contributed by atoms with Gasteiger partial charge in [-0.3, -0.25) is 4.79 Å².